The molecule has 0 radical (unpaired) electrons. The largest absolute Gasteiger partial charge is 0.307 e. The lowest BCUT2D eigenvalue weighted by Gasteiger charge is -2.37. The van der Waals surface area contributed by atoms with Gasteiger partial charge in [-0.05, 0) is 42.4 Å². The second kappa shape index (κ2) is 3.89. The summed E-state index contributed by atoms with van der Waals surface area (Å²) < 4.78 is 0. The van der Waals surface area contributed by atoms with Crippen LogP contribution in [0, 0.1) is 6.92 Å². The Hall–Kier alpha value is -0.820. The summed E-state index contributed by atoms with van der Waals surface area (Å²) in [6, 6.07) is 8.18. The number of hydrogen-bond acceptors (Lipinski definition) is 1. The van der Waals surface area contributed by atoms with Crippen LogP contribution in [-0.2, 0) is 5.41 Å². The standard InChI is InChI=1S/C15H23N/c1-10-6-7-12(15(3,4)5)9-13(10)14-8-11(2)16-14/h6-7,9,11,14,16H,8H2,1-5H3. The number of benzene rings is 1. The van der Waals surface area contributed by atoms with Crippen LogP contribution >= 0.6 is 0 Å². The zero-order valence-electron chi connectivity index (χ0n) is 11.1. The SMILES string of the molecule is Cc1ccc(C(C)(C)C)cc1C1CC(C)N1. The van der Waals surface area contributed by atoms with E-state index in [9.17, 15) is 0 Å². The molecule has 16 heavy (non-hydrogen) atoms. The fourth-order valence-electron chi connectivity index (χ4n) is 2.37. The lowest BCUT2D eigenvalue weighted by molar-refractivity contribution is 0.286. The maximum absolute atomic E-state index is 3.58. The van der Waals surface area contributed by atoms with Gasteiger partial charge < -0.3 is 5.32 Å². The molecule has 0 aliphatic carbocycles. The maximum Gasteiger partial charge on any atom is 0.0339 e. The van der Waals surface area contributed by atoms with Crippen molar-refractivity contribution >= 4 is 0 Å². The third-order valence-electron chi connectivity index (χ3n) is 3.60. The normalized spacial score (nSPS) is 25.3. The highest BCUT2D eigenvalue weighted by atomic mass is 15.0. The molecular weight excluding hydrogens is 194 g/mol. The Morgan fingerprint density at radius 3 is 2.38 bits per heavy atom. The third kappa shape index (κ3) is 2.15. The molecule has 1 aromatic carbocycles. The second-order valence-corrected chi connectivity index (χ2v) is 6.18. The van der Waals surface area contributed by atoms with E-state index < -0.39 is 0 Å². The van der Waals surface area contributed by atoms with Gasteiger partial charge in [0.25, 0.3) is 0 Å². The zero-order chi connectivity index (χ0) is 11.9. The van der Waals surface area contributed by atoms with E-state index in [1.165, 1.54) is 23.1 Å². The first kappa shape index (κ1) is 11.7. The van der Waals surface area contributed by atoms with Gasteiger partial charge in [0.1, 0.15) is 0 Å². The van der Waals surface area contributed by atoms with Gasteiger partial charge in [-0.15, -0.1) is 0 Å². The van der Waals surface area contributed by atoms with Gasteiger partial charge in [-0.2, -0.15) is 0 Å². The minimum absolute atomic E-state index is 0.248. The zero-order valence-corrected chi connectivity index (χ0v) is 11.1. The van der Waals surface area contributed by atoms with Crippen molar-refractivity contribution in [3.05, 3.63) is 34.9 Å². The Labute approximate surface area is 99.3 Å². The summed E-state index contributed by atoms with van der Waals surface area (Å²) in [5, 5.41) is 3.58. The van der Waals surface area contributed by atoms with Gasteiger partial charge in [0.05, 0.1) is 0 Å². The molecule has 2 atom stereocenters. The summed E-state index contributed by atoms with van der Waals surface area (Å²) in [5.41, 5.74) is 4.59. The predicted octanol–water partition coefficient (Wildman–Crippen LogP) is 3.72. The van der Waals surface area contributed by atoms with Crippen LogP contribution in [0.3, 0.4) is 0 Å². The molecule has 0 amide bonds. The molecule has 1 fully saturated rings. The van der Waals surface area contributed by atoms with E-state index in [2.05, 4.69) is 58.1 Å². The first-order valence-electron chi connectivity index (χ1n) is 6.25. The van der Waals surface area contributed by atoms with Gasteiger partial charge in [-0.1, -0.05) is 39.0 Å². The van der Waals surface area contributed by atoms with Crippen LogP contribution in [0.1, 0.15) is 56.8 Å². The Balaban J connectivity index is 2.30. The first-order chi connectivity index (χ1) is 7.38. The minimum Gasteiger partial charge on any atom is -0.307 e. The molecule has 88 valence electrons. The molecule has 1 heterocycles. The van der Waals surface area contributed by atoms with E-state index in [0.717, 1.165) is 0 Å². The van der Waals surface area contributed by atoms with Crippen molar-refractivity contribution < 1.29 is 0 Å². The van der Waals surface area contributed by atoms with Gasteiger partial charge in [0.15, 0.2) is 0 Å². The fourth-order valence-corrected chi connectivity index (χ4v) is 2.37. The van der Waals surface area contributed by atoms with Crippen LogP contribution in [0.4, 0.5) is 0 Å². The van der Waals surface area contributed by atoms with Crippen molar-refractivity contribution in [2.24, 2.45) is 0 Å². The first-order valence-corrected chi connectivity index (χ1v) is 6.25. The van der Waals surface area contributed by atoms with Crippen molar-refractivity contribution in [3.63, 3.8) is 0 Å². The number of hydrogen-bond donors (Lipinski definition) is 1. The topological polar surface area (TPSA) is 12.0 Å². The van der Waals surface area contributed by atoms with Gasteiger partial charge in [0, 0.05) is 12.1 Å². The summed E-state index contributed by atoms with van der Waals surface area (Å²) >= 11 is 0. The molecular formula is C15H23N. The van der Waals surface area contributed by atoms with Crippen molar-refractivity contribution in [1.29, 1.82) is 0 Å². The summed E-state index contributed by atoms with van der Waals surface area (Å²) in [6.07, 6.45) is 1.27. The average Bonchev–Trinajstić information content (AvgIpc) is 2.12. The molecule has 1 nitrogen and oxygen atoms in total. The number of aryl methyl sites for hydroxylation is 1. The highest BCUT2D eigenvalue weighted by Gasteiger charge is 2.27. The molecule has 1 saturated heterocycles. The van der Waals surface area contributed by atoms with Crippen LogP contribution < -0.4 is 5.32 Å². The summed E-state index contributed by atoms with van der Waals surface area (Å²) in [6.45, 7) is 11.3. The molecule has 1 aromatic rings. The van der Waals surface area contributed by atoms with Crippen molar-refractivity contribution in [1.82, 2.24) is 5.32 Å². The highest BCUT2D eigenvalue weighted by Crippen LogP contribution is 2.33. The van der Waals surface area contributed by atoms with E-state index in [1.807, 2.05) is 0 Å². The van der Waals surface area contributed by atoms with E-state index >= 15 is 0 Å². The van der Waals surface area contributed by atoms with Crippen LogP contribution in [0.15, 0.2) is 18.2 Å². The predicted molar refractivity (Wildman–Crippen MR) is 69.8 cm³/mol. The van der Waals surface area contributed by atoms with Crippen molar-refractivity contribution in [3.8, 4) is 0 Å². The molecule has 2 unspecified atom stereocenters. The van der Waals surface area contributed by atoms with Crippen LogP contribution in [0.5, 0.6) is 0 Å². The van der Waals surface area contributed by atoms with Gasteiger partial charge in [0.2, 0.25) is 0 Å². The number of rotatable bonds is 1. The fraction of sp³-hybridized carbons (Fsp3) is 0.600. The van der Waals surface area contributed by atoms with Gasteiger partial charge >= 0.3 is 0 Å². The van der Waals surface area contributed by atoms with E-state index in [-0.39, 0.29) is 5.41 Å². The Bertz CT molecular complexity index is 381. The second-order valence-electron chi connectivity index (χ2n) is 6.18. The molecule has 1 N–H and O–H groups in total. The highest BCUT2D eigenvalue weighted by molar-refractivity contribution is 5.37. The molecule has 0 saturated carbocycles. The van der Waals surface area contributed by atoms with Crippen LogP contribution in [0.2, 0.25) is 0 Å². The molecule has 1 heteroatoms. The summed E-state index contributed by atoms with van der Waals surface area (Å²) in [5.74, 6) is 0. The monoisotopic (exact) mass is 217 g/mol. The molecule has 1 aliphatic rings. The van der Waals surface area contributed by atoms with E-state index in [1.54, 1.807) is 0 Å². The van der Waals surface area contributed by atoms with Gasteiger partial charge in [-0.3, -0.25) is 0 Å². The van der Waals surface area contributed by atoms with E-state index in [4.69, 9.17) is 0 Å². The smallest absolute Gasteiger partial charge is 0.0339 e. The molecule has 0 aromatic heterocycles. The van der Waals surface area contributed by atoms with E-state index in [0.29, 0.717) is 12.1 Å². The Kier molecular flexibility index (Phi) is 2.83. The maximum atomic E-state index is 3.58. The summed E-state index contributed by atoms with van der Waals surface area (Å²) in [7, 11) is 0. The Morgan fingerprint density at radius 1 is 1.25 bits per heavy atom. The van der Waals surface area contributed by atoms with Crippen LogP contribution in [0.25, 0.3) is 0 Å². The van der Waals surface area contributed by atoms with Crippen LogP contribution in [-0.4, -0.2) is 6.04 Å². The lowest BCUT2D eigenvalue weighted by atomic mass is 9.82. The molecule has 2 rings (SSSR count). The third-order valence-corrected chi connectivity index (χ3v) is 3.60. The molecule has 0 bridgehead atoms. The summed E-state index contributed by atoms with van der Waals surface area (Å²) in [4.78, 5) is 0. The lowest BCUT2D eigenvalue weighted by Crippen LogP contribution is -2.44. The molecule has 0 spiro atoms. The van der Waals surface area contributed by atoms with Crippen molar-refractivity contribution in [2.45, 2.75) is 58.5 Å². The Morgan fingerprint density at radius 2 is 1.88 bits per heavy atom. The van der Waals surface area contributed by atoms with Crippen molar-refractivity contribution in [2.75, 3.05) is 0 Å². The number of nitrogens with one attached hydrogen (secondary N) is 1. The van der Waals surface area contributed by atoms with Gasteiger partial charge in [-0.25, -0.2) is 0 Å². The minimum atomic E-state index is 0.248. The quantitative estimate of drug-likeness (QED) is 0.756. The average molecular weight is 217 g/mol. The molecule has 1 aliphatic heterocycles.